The van der Waals surface area contributed by atoms with E-state index in [4.69, 9.17) is 0 Å². The molecule has 0 spiro atoms. The van der Waals surface area contributed by atoms with E-state index >= 15 is 0 Å². The smallest absolute Gasteiger partial charge is 0.323 e. The summed E-state index contributed by atoms with van der Waals surface area (Å²) in [5.41, 5.74) is 2.08. The van der Waals surface area contributed by atoms with Crippen LogP contribution < -0.4 is 11.0 Å². The van der Waals surface area contributed by atoms with Crippen LogP contribution in [0.5, 0.6) is 5.75 Å². The van der Waals surface area contributed by atoms with E-state index in [0.717, 1.165) is 0 Å². The average molecular weight is 465 g/mol. The van der Waals surface area contributed by atoms with Gasteiger partial charge in [0.25, 0.3) is 5.91 Å². The SMILES string of the molecule is CC(=O)c1ccccc1N=Nc1c(O)c(C(=O)Nc2ccc3[nH]c(=O)[nH]c3c2)cc2ccccc12. The van der Waals surface area contributed by atoms with Gasteiger partial charge in [0.05, 0.1) is 22.3 Å². The summed E-state index contributed by atoms with van der Waals surface area (Å²) in [6, 6.07) is 20.4. The molecule has 9 nitrogen and oxygen atoms in total. The summed E-state index contributed by atoms with van der Waals surface area (Å²) >= 11 is 0. The zero-order valence-electron chi connectivity index (χ0n) is 18.5. The van der Waals surface area contributed by atoms with E-state index in [9.17, 15) is 19.5 Å². The number of imidazole rings is 1. The highest BCUT2D eigenvalue weighted by atomic mass is 16.3. The van der Waals surface area contributed by atoms with Crippen LogP contribution in [0.1, 0.15) is 27.6 Å². The van der Waals surface area contributed by atoms with E-state index in [-0.39, 0.29) is 28.5 Å². The molecule has 0 radical (unpaired) electrons. The highest BCUT2D eigenvalue weighted by Crippen LogP contribution is 2.40. The van der Waals surface area contributed by atoms with Crippen LogP contribution in [-0.2, 0) is 0 Å². The number of benzene rings is 4. The molecule has 0 atom stereocenters. The number of aromatic amines is 2. The minimum atomic E-state index is -0.564. The molecule has 5 aromatic rings. The van der Waals surface area contributed by atoms with E-state index in [1.165, 1.54) is 6.92 Å². The number of fused-ring (bicyclic) bond motifs is 2. The highest BCUT2D eigenvalue weighted by Gasteiger charge is 2.19. The Hall–Kier alpha value is -5.05. The number of aromatic nitrogens is 2. The van der Waals surface area contributed by atoms with Crippen molar-refractivity contribution in [1.82, 2.24) is 9.97 Å². The highest BCUT2D eigenvalue weighted by molar-refractivity contribution is 6.12. The monoisotopic (exact) mass is 465 g/mol. The first-order valence-corrected chi connectivity index (χ1v) is 10.7. The number of anilines is 1. The predicted molar refractivity (Wildman–Crippen MR) is 133 cm³/mol. The molecule has 0 aliphatic rings. The summed E-state index contributed by atoms with van der Waals surface area (Å²) in [4.78, 5) is 41.8. The number of azo groups is 1. The maximum absolute atomic E-state index is 13.1. The average Bonchev–Trinajstić information content (AvgIpc) is 3.22. The number of nitrogens with one attached hydrogen (secondary N) is 3. The first-order valence-electron chi connectivity index (χ1n) is 10.7. The number of phenolic OH excluding ortho intramolecular Hbond substituents is 1. The van der Waals surface area contributed by atoms with Gasteiger partial charge >= 0.3 is 5.69 Å². The third kappa shape index (κ3) is 4.18. The quantitative estimate of drug-likeness (QED) is 0.198. The van der Waals surface area contributed by atoms with Gasteiger partial charge in [-0.1, -0.05) is 36.4 Å². The first-order chi connectivity index (χ1) is 16.9. The number of carbonyl (C=O) groups is 2. The van der Waals surface area contributed by atoms with E-state index in [1.54, 1.807) is 66.7 Å². The van der Waals surface area contributed by atoms with Crippen LogP contribution in [0.4, 0.5) is 17.1 Å². The minimum Gasteiger partial charge on any atom is -0.505 e. The summed E-state index contributed by atoms with van der Waals surface area (Å²) in [5.74, 6) is -1.07. The van der Waals surface area contributed by atoms with E-state index in [1.807, 2.05) is 6.07 Å². The second kappa shape index (κ2) is 8.71. The molecule has 4 aromatic carbocycles. The van der Waals surface area contributed by atoms with Crippen molar-refractivity contribution in [2.75, 3.05) is 5.32 Å². The fraction of sp³-hybridized carbons (Fsp3) is 0.0385. The van der Waals surface area contributed by atoms with Crippen LogP contribution >= 0.6 is 0 Å². The van der Waals surface area contributed by atoms with Gasteiger partial charge in [-0.15, -0.1) is 10.2 Å². The summed E-state index contributed by atoms with van der Waals surface area (Å²) < 4.78 is 0. The lowest BCUT2D eigenvalue weighted by atomic mass is 10.0. The molecule has 0 saturated carbocycles. The van der Waals surface area contributed by atoms with Crippen LogP contribution in [0.2, 0.25) is 0 Å². The van der Waals surface area contributed by atoms with Crippen molar-refractivity contribution in [1.29, 1.82) is 0 Å². The Morgan fingerprint density at radius 1 is 0.857 bits per heavy atom. The first kappa shape index (κ1) is 21.8. The number of carbonyl (C=O) groups excluding carboxylic acids is 2. The molecule has 35 heavy (non-hydrogen) atoms. The minimum absolute atomic E-state index is 0.000150. The van der Waals surface area contributed by atoms with Crippen molar-refractivity contribution in [2.45, 2.75) is 6.92 Å². The molecule has 1 heterocycles. The normalized spacial score (nSPS) is 11.3. The maximum Gasteiger partial charge on any atom is 0.323 e. The largest absolute Gasteiger partial charge is 0.505 e. The molecule has 1 amide bonds. The molecule has 0 unspecified atom stereocenters. The number of aromatic hydroxyl groups is 1. The molecular formula is C26H19N5O4. The number of rotatable bonds is 5. The van der Waals surface area contributed by atoms with Crippen molar-refractivity contribution in [3.63, 3.8) is 0 Å². The Morgan fingerprint density at radius 2 is 1.60 bits per heavy atom. The lowest BCUT2D eigenvalue weighted by Crippen LogP contribution is -2.12. The molecule has 172 valence electrons. The fourth-order valence-corrected chi connectivity index (χ4v) is 3.86. The second-order valence-corrected chi connectivity index (χ2v) is 7.91. The third-order valence-electron chi connectivity index (χ3n) is 5.55. The second-order valence-electron chi connectivity index (χ2n) is 7.91. The van der Waals surface area contributed by atoms with Gasteiger partial charge < -0.3 is 20.4 Å². The van der Waals surface area contributed by atoms with Gasteiger partial charge in [0.15, 0.2) is 11.5 Å². The molecule has 0 aliphatic carbocycles. The fourth-order valence-electron chi connectivity index (χ4n) is 3.86. The van der Waals surface area contributed by atoms with Gasteiger partial charge in [0, 0.05) is 16.6 Å². The van der Waals surface area contributed by atoms with Gasteiger partial charge in [0.1, 0.15) is 5.69 Å². The van der Waals surface area contributed by atoms with Gasteiger partial charge in [0.2, 0.25) is 0 Å². The van der Waals surface area contributed by atoms with Crippen molar-refractivity contribution in [3.05, 3.63) is 94.4 Å². The zero-order valence-corrected chi connectivity index (χ0v) is 18.5. The molecular weight excluding hydrogens is 446 g/mol. The number of ketones is 1. The summed E-state index contributed by atoms with van der Waals surface area (Å²) in [5, 5.41) is 23.5. The van der Waals surface area contributed by atoms with Crippen molar-refractivity contribution < 1.29 is 14.7 Å². The number of amides is 1. The van der Waals surface area contributed by atoms with Crippen LogP contribution in [-0.4, -0.2) is 26.8 Å². The number of hydrogen-bond acceptors (Lipinski definition) is 6. The lowest BCUT2D eigenvalue weighted by Gasteiger charge is -2.11. The predicted octanol–water partition coefficient (Wildman–Crippen LogP) is 5.59. The van der Waals surface area contributed by atoms with E-state index < -0.39 is 5.91 Å². The van der Waals surface area contributed by atoms with Crippen molar-refractivity contribution in [3.8, 4) is 5.75 Å². The number of phenols is 1. The zero-order chi connectivity index (χ0) is 24.5. The van der Waals surface area contributed by atoms with Crippen LogP contribution in [0, 0.1) is 0 Å². The molecule has 1 aromatic heterocycles. The van der Waals surface area contributed by atoms with Gasteiger partial charge in [-0.3, -0.25) is 9.59 Å². The third-order valence-corrected chi connectivity index (χ3v) is 5.55. The van der Waals surface area contributed by atoms with Crippen LogP contribution in [0.3, 0.4) is 0 Å². The Kier molecular flexibility index (Phi) is 5.42. The maximum atomic E-state index is 13.1. The Morgan fingerprint density at radius 3 is 2.43 bits per heavy atom. The van der Waals surface area contributed by atoms with Crippen molar-refractivity contribution >= 4 is 50.6 Å². The van der Waals surface area contributed by atoms with Gasteiger partial charge in [-0.25, -0.2) is 4.79 Å². The topological polar surface area (TPSA) is 140 Å². The summed E-state index contributed by atoms with van der Waals surface area (Å²) in [6.07, 6.45) is 0. The number of hydrogen-bond donors (Lipinski definition) is 4. The standard InChI is InChI=1S/C26H19N5O4/c1-14(32)17-7-4-5-9-20(17)30-31-23-18-8-3-2-6-15(18)12-19(24(23)33)25(34)27-16-10-11-21-22(13-16)29-26(35)28-21/h2-13,33H,1H3,(H,27,34)(H2,28,29,35). The molecule has 0 aliphatic heterocycles. The van der Waals surface area contributed by atoms with Crippen molar-refractivity contribution in [2.24, 2.45) is 10.2 Å². The molecule has 9 heteroatoms. The van der Waals surface area contributed by atoms with Gasteiger partial charge in [-0.2, -0.15) is 0 Å². The Balaban J connectivity index is 1.56. The van der Waals surface area contributed by atoms with Gasteiger partial charge in [-0.05, 0) is 48.7 Å². The Labute approximate surface area is 198 Å². The molecule has 0 saturated heterocycles. The van der Waals surface area contributed by atoms with E-state index in [2.05, 4.69) is 25.5 Å². The molecule has 5 rings (SSSR count). The number of nitrogens with zero attached hydrogens (tertiary/aromatic N) is 2. The molecule has 0 bridgehead atoms. The molecule has 0 fully saturated rings. The Bertz CT molecular complexity index is 1710. The summed E-state index contributed by atoms with van der Waals surface area (Å²) in [6.45, 7) is 1.44. The van der Waals surface area contributed by atoms with E-state index in [0.29, 0.717) is 38.7 Å². The number of Topliss-reactive ketones (excluding diaryl/α,β-unsaturated/α-hetero) is 1. The number of H-pyrrole nitrogens is 2. The van der Waals surface area contributed by atoms with Crippen LogP contribution in [0.25, 0.3) is 21.8 Å². The van der Waals surface area contributed by atoms with Crippen LogP contribution in [0.15, 0.2) is 87.8 Å². The lowest BCUT2D eigenvalue weighted by molar-refractivity contribution is 0.101. The molecule has 4 N–H and O–H groups in total. The summed E-state index contributed by atoms with van der Waals surface area (Å²) in [7, 11) is 0.